The van der Waals surface area contributed by atoms with Crippen LogP contribution >= 0.6 is 23.2 Å². The number of rotatable bonds is 8. The molecule has 0 amide bonds. The van der Waals surface area contributed by atoms with Gasteiger partial charge in [0.15, 0.2) is 0 Å². The van der Waals surface area contributed by atoms with E-state index in [-0.39, 0.29) is 12.1 Å². The Balaban J connectivity index is 1.36. The highest BCUT2D eigenvalue weighted by Gasteiger charge is 2.34. The Bertz CT molecular complexity index is 1690. The predicted octanol–water partition coefficient (Wildman–Crippen LogP) is 5.93. The van der Waals surface area contributed by atoms with Gasteiger partial charge in [0.25, 0.3) is 0 Å². The van der Waals surface area contributed by atoms with Crippen LogP contribution in [-0.2, 0) is 0 Å². The van der Waals surface area contributed by atoms with Gasteiger partial charge in [-0.15, -0.1) is 5.53 Å². The quantitative estimate of drug-likeness (QED) is 0.165. The highest BCUT2D eigenvalue weighted by Crippen LogP contribution is 2.37. The topological polar surface area (TPSA) is 112 Å². The van der Waals surface area contributed by atoms with E-state index in [0.717, 1.165) is 42.1 Å². The Morgan fingerprint density at radius 3 is 2.70 bits per heavy atom. The number of hydrogen-bond acceptors (Lipinski definition) is 9. The maximum atomic E-state index is 10.9. The van der Waals surface area contributed by atoms with E-state index in [2.05, 4.69) is 56.6 Å². The molecule has 3 heterocycles. The fraction of sp³-hybridized carbons (Fsp3) is 0.250. The molecule has 1 fully saturated rings. The molecule has 1 saturated heterocycles. The Kier molecular flexibility index (Phi) is 8.56. The van der Waals surface area contributed by atoms with E-state index in [0.29, 0.717) is 38.7 Å². The largest absolute Gasteiger partial charge is 0.390 e. The number of likely N-dealkylation sites (tertiary alicyclic amines) is 1. The smallest absolute Gasteiger partial charge is 0.103 e. The third-order valence-corrected chi connectivity index (χ3v) is 8.46. The first-order valence-electron chi connectivity index (χ1n) is 14.2. The van der Waals surface area contributed by atoms with Gasteiger partial charge in [0.2, 0.25) is 0 Å². The third kappa shape index (κ3) is 6.20. The van der Waals surface area contributed by atoms with Crippen LogP contribution in [0.25, 0.3) is 10.9 Å². The van der Waals surface area contributed by atoms with Gasteiger partial charge in [-0.25, -0.2) is 0 Å². The second-order valence-electron chi connectivity index (χ2n) is 10.7. The summed E-state index contributed by atoms with van der Waals surface area (Å²) in [6, 6.07) is 23.1. The number of hydrazine groups is 2. The maximum Gasteiger partial charge on any atom is 0.103 e. The number of fused-ring (bicyclic) bond motifs is 1. The fourth-order valence-electron chi connectivity index (χ4n) is 5.69. The van der Waals surface area contributed by atoms with Crippen molar-refractivity contribution in [3.63, 3.8) is 0 Å². The van der Waals surface area contributed by atoms with Crippen LogP contribution < -0.4 is 21.6 Å². The summed E-state index contributed by atoms with van der Waals surface area (Å²) in [7, 11) is 0. The third-order valence-electron chi connectivity index (χ3n) is 7.94. The molecule has 5 N–H and O–H groups in total. The maximum absolute atomic E-state index is 10.9. The van der Waals surface area contributed by atoms with Gasteiger partial charge in [-0.05, 0) is 48.9 Å². The minimum Gasteiger partial charge on any atom is -0.390 e. The zero-order chi connectivity index (χ0) is 29.9. The number of piperidine rings is 1. The average Bonchev–Trinajstić information content (AvgIpc) is 3.50. The Hall–Kier alpha value is -4.04. The Morgan fingerprint density at radius 1 is 1.12 bits per heavy atom. The van der Waals surface area contributed by atoms with Crippen LogP contribution in [0.5, 0.6) is 0 Å². The second kappa shape index (κ2) is 12.7. The van der Waals surface area contributed by atoms with Crippen molar-refractivity contribution in [1.29, 1.82) is 5.26 Å². The zero-order valence-electron chi connectivity index (χ0n) is 23.6. The summed E-state index contributed by atoms with van der Waals surface area (Å²) in [5.74, 6) is 0. The van der Waals surface area contributed by atoms with Crippen molar-refractivity contribution in [2.75, 3.05) is 30.3 Å². The molecule has 43 heavy (non-hydrogen) atoms. The number of hydrogen-bond donors (Lipinski definition) is 5. The van der Waals surface area contributed by atoms with Gasteiger partial charge in [-0.1, -0.05) is 66.5 Å². The van der Waals surface area contributed by atoms with Crippen LogP contribution in [-0.4, -0.2) is 51.8 Å². The average molecular weight is 616 g/mol. The molecule has 2 aliphatic rings. The number of benzene rings is 3. The molecule has 1 unspecified atom stereocenters. The number of aliphatic hydroxyl groups excluding tert-OH is 1. The van der Waals surface area contributed by atoms with Gasteiger partial charge in [-0.3, -0.25) is 9.99 Å². The molecule has 3 atom stereocenters. The molecular formula is C32H32Cl2N8O. The fourth-order valence-corrected chi connectivity index (χ4v) is 6.15. The molecule has 11 heteroatoms. The zero-order valence-corrected chi connectivity index (χ0v) is 25.1. The van der Waals surface area contributed by atoms with Gasteiger partial charge in [0.05, 0.1) is 45.7 Å². The molecular weight excluding hydrogens is 583 g/mol. The van der Waals surface area contributed by atoms with Crippen LogP contribution in [0.4, 0.5) is 17.1 Å². The van der Waals surface area contributed by atoms with Crippen LogP contribution in [0, 0.1) is 11.3 Å². The van der Waals surface area contributed by atoms with Crippen LogP contribution in [0.2, 0.25) is 10.0 Å². The summed E-state index contributed by atoms with van der Waals surface area (Å²) in [5.41, 5.74) is 11.5. The second-order valence-corrected chi connectivity index (χ2v) is 11.5. The summed E-state index contributed by atoms with van der Waals surface area (Å²) in [6.07, 6.45) is 3.90. The minimum absolute atomic E-state index is 0.0602. The Morgan fingerprint density at radius 2 is 1.95 bits per heavy atom. The number of nitrogens with one attached hydrogen (secondary N) is 4. The van der Waals surface area contributed by atoms with E-state index in [1.54, 1.807) is 12.1 Å². The van der Waals surface area contributed by atoms with Gasteiger partial charge in [-0.2, -0.15) is 5.26 Å². The number of nitriles is 1. The highest BCUT2D eigenvalue weighted by atomic mass is 35.5. The van der Waals surface area contributed by atoms with Crippen molar-refractivity contribution in [2.45, 2.75) is 31.5 Å². The number of aromatic nitrogens is 1. The van der Waals surface area contributed by atoms with E-state index in [1.807, 2.05) is 53.7 Å². The van der Waals surface area contributed by atoms with Crippen molar-refractivity contribution in [2.24, 2.45) is 0 Å². The van der Waals surface area contributed by atoms with Gasteiger partial charge < -0.3 is 26.1 Å². The van der Waals surface area contributed by atoms with E-state index >= 15 is 0 Å². The molecule has 1 aromatic heterocycles. The molecule has 9 nitrogen and oxygen atoms in total. The first kappa shape index (κ1) is 29.1. The number of likely N-dealkylation sites (N-methyl/N-ethyl adjacent to an activating group) is 1. The van der Waals surface area contributed by atoms with E-state index in [4.69, 9.17) is 23.2 Å². The number of halogens is 2. The molecule has 4 aromatic rings. The number of anilines is 3. The minimum atomic E-state index is -0.478. The summed E-state index contributed by atoms with van der Waals surface area (Å²) < 4.78 is 0. The molecule has 220 valence electrons. The summed E-state index contributed by atoms with van der Waals surface area (Å²) in [6.45, 7) is 4.61. The lowest BCUT2D eigenvalue weighted by atomic mass is 10.0. The monoisotopic (exact) mass is 614 g/mol. The van der Waals surface area contributed by atoms with E-state index in [9.17, 15) is 10.4 Å². The van der Waals surface area contributed by atoms with E-state index in [1.165, 1.54) is 6.20 Å². The summed E-state index contributed by atoms with van der Waals surface area (Å²) in [4.78, 5) is 6.75. The first-order valence-corrected chi connectivity index (χ1v) is 15.0. The molecule has 0 radical (unpaired) electrons. The lowest BCUT2D eigenvalue weighted by Crippen LogP contribution is -2.56. The van der Waals surface area contributed by atoms with Crippen molar-refractivity contribution in [1.82, 2.24) is 25.9 Å². The van der Waals surface area contributed by atoms with E-state index < -0.39 is 6.10 Å². The molecule has 0 spiro atoms. The van der Waals surface area contributed by atoms with Crippen molar-refractivity contribution in [3.8, 4) is 6.07 Å². The van der Waals surface area contributed by atoms with Crippen molar-refractivity contribution >= 4 is 51.2 Å². The summed E-state index contributed by atoms with van der Waals surface area (Å²) in [5, 5.41) is 31.5. The lowest BCUT2D eigenvalue weighted by molar-refractivity contribution is -0.0106. The lowest BCUT2D eigenvalue weighted by Gasteiger charge is -2.39. The molecule has 6 rings (SSSR count). The van der Waals surface area contributed by atoms with Gasteiger partial charge in [0, 0.05) is 47.3 Å². The Labute approximate surface area is 260 Å². The van der Waals surface area contributed by atoms with Crippen molar-refractivity contribution < 1.29 is 5.11 Å². The normalized spacial score (nSPS) is 19.4. The van der Waals surface area contributed by atoms with Crippen LogP contribution in [0.3, 0.4) is 0 Å². The molecule has 2 aliphatic heterocycles. The van der Waals surface area contributed by atoms with Gasteiger partial charge >= 0.3 is 0 Å². The molecule has 0 saturated carbocycles. The SMILES string of the molecule is CCN1CCC(N2C=C([C@@H](Nc3cc(Cl)c4ncc(C#N)c(Nc5cccc(Cl)c5)c4c3)c3ccccc3)NN2)[C@H](O)C1. The number of pyridine rings is 1. The molecule has 0 aliphatic carbocycles. The number of aliphatic hydroxyl groups is 1. The molecule has 0 bridgehead atoms. The molecule has 3 aromatic carbocycles. The highest BCUT2D eigenvalue weighted by molar-refractivity contribution is 6.36. The van der Waals surface area contributed by atoms with Gasteiger partial charge in [0.1, 0.15) is 6.07 Å². The van der Waals surface area contributed by atoms with Crippen LogP contribution in [0.1, 0.15) is 30.5 Å². The standard InChI is InChI=1S/C32H32Cl2N8O/c1-2-41-12-11-28(29(43)19-41)42-18-27(39-40-42)31(20-7-4-3-5-8-20)38-24-14-25-30(37-23-10-6-9-22(33)13-23)21(16-35)17-36-32(25)26(34)15-24/h3-10,13-15,17-18,28-29,31,38-40,43H,2,11-12,19H2,1H3,(H,36,37)/t28?,29-,31+/m1/s1. The first-order chi connectivity index (χ1) is 20.9. The number of nitrogens with zero attached hydrogens (tertiary/aromatic N) is 4. The summed E-state index contributed by atoms with van der Waals surface area (Å²) >= 11 is 13.0. The predicted molar refractivity (Wildman–Crippen MR) is 172 cm³/mol. The number of β-amino-alcohol motifs (C(OH)–C–C–N with tert-alkyl or cyclic N) is 1. The van der Waals surface area contributed by atoms with Crippen molar-refractivity contribution in [3.05, 3.63) is 106 Å². The van der Waals surface area contributed by atoms with Crippen LogP contribution in [0.15, 0.2) is 84.8 Å².